The van der Waals surface area contributed by atoms with Gasteiger partial charge in [0, 0.05) is 5.66 Å². The second-order valence-electron chi connectivity index (χ2n) is 7.13. The van der Waals surface area contributed by atoms with E-state index in [1.54, 1.807) is 0 Å². The highest BCUT2D eigenvalue weighted by Crippen LogP contribution is 2.64. The molecule has 4 heteroatoms. The molecule has 7 atom stereocenters. The van der Waals surface area contributed by atoms with Crippen LogP contribution in [0.4, 0.5) is 0 Å². The van der Waals surface area contributed by atoms with Crippen molar-refractivity contribution in [3.05, 3.63) is 0 Å². The Balaban J connectivity index is 1.45. The van der Waals surface area contributed by atoms with Crippen LogP contribution in [0.25, 0.3) is 0 Å². The SMILES string of the molecule is OP(=S)(OC1CC2CCC1C2)C1CC2CCC1C2. The molecule has 4 aliphatic rings. The Morgan fingerprint density at radius 2 is 1.56 bits per heavy atom. The van der Waals surface area contributed by atoms with E-state index in [-0.39, 0.29) is 0 Å². The Hall–Kier alpha value is 0.570. The van der Waals surface area contributed by atoms with E-state index in [1.165, 1.54) is 44.9 Å². The zero-order valence-corrected chi connectivity index (χ0v) is 12.5. The summed E-state index contributed by atoms with van der Waals surface area (Å²) in [4.78, 5) is 10.7. The lowest BCUT2D eigenvalue weighted by molar-refractivity contribution is 0.133. The first-order chi connectivity index (χ1) is 8.62. The molecule has 4 aliphatic carbocycles. The molecule has 0 spiro atoms. The van der Waals surface area contributed by atoms with Crippen molar-refractivity contribution >= 4 is 18.3 Å². The third kappa shape index (κ3) is 1.93. The minimum Gasteiger partial charge on any atom is -0.345 e. The molecule has 0 aromatic rings. The van der Waals surface area contributed by atoms with E-state index in [1.807, 2.05) is 0 Å². The first-order valence-corrected chi connectivity index (χ1v) is 10.4. The minimum atomic E-state index is -2.53. The Labute approximate surface area is 115 Å². The van der Waals surface area contributed by atoms with Crippen LogP contribution in [-0.2, 0) is 16.3 Å². The predicted octanol–water partition coefficient (Wildman–Crippen LogP) is 3.68. The molecule has 4 saturated carbocycles. The highest BCUT2D eigenvalue weighted by Gasteiger charge is 2.49. The average molecular weight is 286 g/mol. The van der Waals surface area contributed by atoms with Crippen LogP contribution in [0, 0.1) is 23.7 Å². The maximum atomic E-state index is 10.7. The van der Waals surface area contributed by atoms with Gasteiger partial charge in [0.15, 0.2) is 6.49 Å². The van der Waals surface area contributed by atoms with Crippen molar-refractivity contribution in [2.45, 2.75) is 63.1 Å². The number of hydrogen-bond acceptors (Lipinski definition) is 2. The molecule has 0 aromatic heterocycles. The first-order valence-electron chi connectivity index (χ1n) is 7.62. The van der Waals surface area contributed by atoms with Gasteiger partial charge in [-0.1, -0.05) is 6.42 Å². The van der Waals surface area contributed by atoms with Gasteiger partial charge in [0.1, 0.15) is 0 Å². The fourth-order valence-corrected chi connectivity index (χ4v) is 8.48. The molecule has 0 saturated heterocycles. The van der Waals surface area contributed by atoms with E-state index in [4.69, 9.17) is 16.3 Å². The zero-order chi connectivity index (χ0) is 12.3. The van der Waals surface area contributed by atoms with Crippen LogP contribution in [0.1, 0.15) is 51.4 Å². The van der Waals surface area contributed by atoms with Crippen molar-refractivity contribution in [1.29, 1.82) is 0 Å². The van der Waals surface area contributed by atoms with Crippen LogP contribution in [0.3, 0.4) is 0 Å². The maximum Gasteiger partial charge on any atom is 0.189 e. The van der Waals surface area contributed by atoms with Crippen LogP contribution in [0.15, 0.2) is 0 Å². The lowest BCUT2D eigenvalue weighted by atomic mass is 9.98. The maximum absolute atomic E-state index is 10.7. The van der Waals surface area contributed by atoms with Gasteiger partial charge in [-0.25, -0.2) is 0 Å². The molecule has 7 unspecified atom stereocenters. The standard InChI is InChI=1S/C14H23O2PS/c15-17(18,14-8-10-2-4-12(14)6-10)16-13-7-9-1-3-11(13)5-9/h9-14H,1-8H2,(H,15,18). The number of fused-ring (bicyclic) bond motifs is 4. The van der Waals surface area contributed by atoms with Gasteiger partial charge in [0.25, 0.3) is 0 Å². The van der Waals surface area contributed by atoms with E-state index in [0.717, 1.165) is 18.3 Å². The fourth-order valence-electron chi connectivity index (χ4n) is 5.20. The van der Waals surface area contributed by atoms with Gasteiger partial charge in [0.05, 0.1) is 6.10 Å². The van der Waals surface area contributed by atoms with Crippen LogP contribution < -0.4 is 0 Å². The van der Waals surface area contributed by atoms with Crippen molar-refractivity contribution in [2.75, 3.05) is 0 Å². The highest BCUT2D eigenvalue weighted by atomic mass is 32.5. The predicted molar refractivity (Wildman–Crippen MR) is 76.1 cm³/mol. The van der Waals surface area contributed by atoms with Crippen molar-refractivity contribution in [1.82, 2.24) is 0 Å². The molecule has 4 bridgehead atoms. The first kappa shape index (κ1) is 12.3. The van der Waals surface area contributed by atoms with Crippen molar-refractivity contribution < 1.29 is 9.42 Å². The lowest BCUT2D eigenvalue weighted by Gasteiger charge is -2.33. The summed E-state index contributed by atoms with van der Waals surface area (Å²) in [6.07, 6.45) is 10.6. The van der Waals surface area contributed by atoms with E-state index >= 15 is 0 Å². The Bertz CT molecular complexity index is 399. The minimum absolute atomic E-state index is 0.304. The molecular weight excluding hydrogens is 263 g/mol. The monoisotopic (exact) mass is 286 g/mol. The third-order valence-corrected chi connectivity index (χ3v) is 9.19. The van der Waals surface area contributed by atoms with E-state index in [2.05, 4.69) is 0 Å². The molecule has 0 heterocycles. The molecule has 102 valence electrons. The molecule has 0 radical (unpaired) electrons. The molecule has 4 rings (SSSR count). The Kier molecular flexibility index (Phi) is 2.93. The van der Waals surface area contributed by atoms with Crippen LogP contribution in [0.2, 0.25) is 0 Å². The molecular formula is C14H23O2PS. The molecule has 2 nitrogen and oxygen atoms in total. The van der Waals surface area contributed by atoms with E-state index in [0.29, 0.717) is 23.6 Å². The summed E-state index contributed by atoms with van der Waals surface area (Å²) in [5.41, 5.74) is 0.338. The summed E-state index contributed by atoms with van der Waals surface area (Å²) in [6.45, 7) is -2.53. The van der Waals surface area contributed by atoms with Gasteiger partial charge < -0.3 is 9.42 Å². The fraction of sp³-hybridized carbons (Fsp3) is 1.00. The highest BCUT2D eigenvalue weighted by molar-refractivity contribution is 8.09. The van der Waals surface area contributed by atoms with Gasteiger partial charge >= 0.3 is 0 Å². The van der Waals surface area contributed by atoms with Crippen molar-refractivity contribution in [2.24, 2.45) is 23.7 Å². The lowest BCUT2D eigenvalue weighted by Crippen LogP contribution is -2.24. The van der Waals surface area contributed by atoms with Crippen LogP contribution in [-0.4, -0.2) is 16.7 Å². The smallest absolute Gasteiger partial charge is 0.189 e. The summed E-state index contributed by atoms with van der Waals surface area (Å²) in [5.74, 6) is 3.11. The summed E-state index contributed by atoms with van der Waals surface area (Å²) in [6, 6.07) is 0. The molecule has 0 aliphatic heterocycles. The summed E-state index contributed by atoms with van der Waals surface area (Å²) < 4.78 is 6.15. The third-order valence-electron chi connectivity index (χ3n) is 6.08. The van der Waals surface area contributed by atoms with E-state index in [9.17, 15) is 4.89 Å². The van der Waals surface area contributed by atoms with Gasteiger partial charge in [0.2, 0.25) is 0 Å². The summed E-state index contributed by atoms with van der Waals surface area (Å²) in [5, 5.41) is 0. The average Bonchev–Trinajstić information content (AvgIpc) is 3.08. The normalized spacial score (nSPS) is 52.9. The quantitative estimate of drug-likeness (QED) is 0.803. The second kappa shape index (κ2) is 4.28. The number of rotatable bonds is 3. The summed E-state index contributed by atoms with van der Waals surface area (Å²) in [7, 11) is 0. The largest absolute Gasteiger partial charge is 0.345 e. The van der Waals surface area contributed by atoms with Gasteiger partial charge in [-0.3, -0.25) is 0 Å². The van der Waals surface area contributed by atoms with E-state index < -0.39 is 6.49 Å². The Morgan fingerprint density at radius 3 is 2.06 bits per heavy atom. The molecule has 0 amide bonds. The summed E-state index contributed by atoms with van der Waals surface area (Å²) >= 11 is 5.56. The molecule has 1 N–H and O–H groups in total. The topological polar surface area (TPSA) is 29.5 Å². The zero-order valence-electron chi connectivity index (χ0n) is 10.8. The van der Waals surface area contributed by atoms with Gasteiger partial charge in [-0.05, 0) is 80.4 Å². The van der Waals surface area contributed by atoms with Crippen LogP contribution >= 0.6 is 6.49 Å². The molecule has 4 fully saturated rings. The van der Waals surface area contributed by atoms with Gasteiger partial charge in [-0.2, -0.15) is 0 Å². The van der Waals surface area contributed by atoms with Gasteiger partial charge in [-0.15, -0.1) is 0 Å². The van der Waals surface area contributed by atoms with Crippen molar-refractivity contribution in [3.63, 3.8) is 0 Å². The second-order valence-corrected chi connectivity index (χ2v) is 10.7. The van der Waals surface area contributed by atoms with Crippen molar-refractivity contribution in [3.8, 4) is 0 Å². The van der Waals surface area contributed by atoms with Crippen LogP contribution in [0.5, 0.6) is 0 Å². The molecule has 18 heavy (non-hydrogen) atoms. The number of hydrogen-bond donors (Lipinski definition) is 1. The molecule has 0 aromatic carbocycles. The Morgan fingerprint density at radius 1 is 0.889 bits per heavy atom.